The Morgan fingerprint density at radius 3 is 2.62 bits per heavy atom. The van der Waals surface area contributed by atoms with Crippen LogP contribution in [0.15, 0.2) is 28.9 Å². The van der Waals surface area contributed by atoms with Gasteiger partial charge in [0.2, 0.25) is 5.78 Å². The Kier molecular flexibility index (Phi) is 4.08. The van der Waals surface area contributed by atoms with E-state index in [0.717, 1.165) is 12.1 Å². The van der Waals surface area contributed by atoms with E-state index in [1.807, 2.05) is 0 Å². The molecule has 0 N–H and O–H groups in total. The van der Waals surface area contributed by atoms with Crippen LogP contribution in [0.4, 0.5) is 13.2 Å². The van der Waals surface area contributed by atoms with Crippen molar-refractivity contribution in [2.24, 2.45) is 7.05 Å². The molecule has 0 unspecified atom stereocenters. The number of aromatic nitrogens is 2. The SMILES string of the molecule is COc1cnn(C)c1C(=O)c1ccc(Br)cc1C(F)(F)F. The Morgan fingerprint density at radius 1 is 1.38 bits per heavy atom. The third-order valence-electron chi connectivity index (χ3n) is 2.87. The van der Waals surface area contributed by atoms with Crippen LogP contribution < -0.4 is 4.74 Å². The number of halogens is 4. The molecule has 4 nitrogen and oxygen atoms in total. The van der Waals surface area contributed by atoms with Gasteiger partial charge in [0.05, 0.1) is 18.9 Å². The maximum Gasteiger partial charge on any atom is 0.417 e. The second kappa shape index (κ2) is 5.51. The molecule has 0 fully saturated rings. The average molecular weight is 363 g/mol. The van der Waals surface area contributed by atoms with Gasteiger partial charge in [-0.1, -0.05) is 15.9 Å². The van der Waals surface area contributed by atoms with Gasteiger partial charge >= 0.3 is 6.18 Å². The Balaban J connectivity index is 2.61. The molecule has 0 aliphatic heterocycles. The highest BCUT2D eigenvalue weighted by Gasteiger charge is 2.36. The molecular formula is C13H10BrF3N2O2. The van der Waals surface area contributed by atoms with E-state index in [1.165, 1.54) is 31.1 Å². The number of hydrogen-bond acceptors (Lipinski definition) is 3. The number of alkyl halides is 3. The first-order valence-electron chi connectivity index (χ1n) is 5.73. The van der Waals surface area contributed by atoms with Gasteiger partial charge in [0.25, 0.3) is 0 Å². The summed E-state index contributed by atoms with van der Waals surface area (Å²) in [5, 5.41) is 3.82. The van der Waals surface area contributed by atoms with Crippen molar-refractivity contribution in [3.8, 4) is 5.75 Å². The lowest BCUT2D eigenvalue weighted by Gasteiger charge is -2.13. The molecule has 0 spiro atoms. The summed E-state index contributed by atoms with van der Waals surface area (Å²) in [5.41, 5.74) is -1.50. The quantitative estimate of drug-likeness (QED) is 0.785. The molecule has 0 aliphatic rings. The van der Waals surface area contributed by atoms with E-state index in [-0.39, 0.29) is 15.9 Å². The van der Waals surface area contributed by atoms with Crippen molar-refractivity contribution in [3.05, 3.63) is 45.7 Å². The molecule has 1 aromatic heterocycles. The summed E-state index contributed by atoms with van der Waals surface area (Å²) in [4.78, 5) is 12.4. The molecule has 0 amide bonds. The van der Waals surface area contributed by atoms with Crippen LogP contribution in [0.3, 0.4) is 0 Å². The molecule has 1 aromatic carbocycles. The van der Waals surface area contributed by atoms with Crippen molar-refractivity contribution in [1.29, 1.82) is 0 Å². The van der Waals surface area contributed by atoms with E-state index < -0.39 is 23.1 Å². The number of methoxy groups -OCH3 is 1. The zero-order valence-corrected chi connectivity index (χ0v) is 12.6. The van der Waals surface area contributed by atoms with E-state index in [4.69, 9.17) is 4.74 Å². The predicted molar refractivity (Wildman–Crippen MR) is 72.3 cm³/mol. The van der Waals surface area contributed by atoms with Crippen molar-refractivity contribution in [2.75, 3.05) is 7.11 Å². The van der Waals surface area contributed by atoms with Crippen molar-refractivity contribution in [1.82, 2.24) is 9.78 Å². The molecule has 0 bridgehead atoms. The largest absolute Gasteiger partial charge is 0.493 e. The van der Waals surface area contributed by atoms with E-state index in [9.17, 15) is 18.0 Å². The highest BCUT2D eigenvalue weighted by molar-refractivity contribution is 9.10. The summed E-state index contributed by atoms with van der Waals surface area (Å²) in [6.45, 7) is 0. The first-order valence-corrected chi connectivity index (χ1v) is 6.52. The number of carbonyl (C=O) groups is 1. The maximum atomic E-state index is 13.1. The van der Waals surface area contributed by atoms with Crippen molar-refractivity contribution >= 4 is 21.7 Å². The predicted octanol–water partition coefficient (Wildman–Crippen LogP) is 3.44. The minimum Gasteiger partial charge on any atom is -0.493 e. The van der Waals surface area contributed by atoms with Gasteiger partial charge in [-0.25, -0.2) is 0 Å². The molecule has 2 rings (SSSR count). The number of rotatable bonds is 3. The standard InChI is InChI=1S/C13H10BrF3N2O2/c1-19-11(10(21-2)6-18-19)12(20)8-4-3-7(14)5-9(8)13(15,16)17/h3-6H,1-2H3. The second-order valence-electron chi connectivity index (χ2n) is 4.20. The number of benzene rings is 1. The number of hydrogen-bond donors (Lipinski definition) is 0. The van der Waals surface area contributed by atoms with Crippen LogP contribution in [-0.2, 0) is 13.2 Å². The number of carbonyl (C=O) groups excluding carboxylic acids is 1. The van der Waals surface area contributed by atoms with Crippen LogP contribution in [0.2, 0.25) is 0 Å². The van der Waals surface area contributed by atoms with Gasteiger partial charge in [-0.05, 0) is 18.2 Å². The minimum absolute atomic E-state index is 0.0367. The fraction of sp³-hybridized carbons (Fsp3) is 0.231. The van der Waals surface area contributed by atoms with Crippen LogP contribution in [0.1, 0.15) is 21.6 Å². The van der Waals surface area contributed by atoms with Gasteiger partial charge in [0.1, 0.15) is 0 Å². The van der Waals surface area contributed by atoms with Crippen molar-refractivity contribution < 1.29 is 22.7 Å². The highest BCUT2D eigenvalue weighted by Crippen LogP contribution is 2.35. The number of ether oxygens (including phenoxy) is 1. The maximum absolute atomic E-state index is 13.1. The summed E-state index contributed by atoms with van der Waals surface area (Å²) in [6, 6.07) is 3.38. The monoisotopic (exact) mass is 362 g/mol. The summed E-state index contributed by atoms with van der Waals surface area (Å²) in [7, 11) is 2.78. The highest BCUT2D eigenvalue weighted by atomic mass is 79.9. The number of ketones is 1. The van der Waals surface area contributed by atoms with E-state index in [2.05, 4.69) is 21.0 Å². The summed E-state index contributed by atoms with van der Waals surface area (Å²) < 4.78 is 45.6. The lowest BCUT2D eigenvalue weighted by atomic mass is 10.0. The molecule has 0 aliphatic carbocycles. The molecule has 1 heterocycles. The topological polar surface area (TPSA) is 44.1 Å². The van der Waals surface area contributed by atoms with Gasteiger partial charge in [0, 0.05) is 17.1 Å². The first kappa shape index (κ1) is 15.6. The van der Waals surface area contributed by atoms with Crippen LogP contribution in [0.5, 0.6) is 5.75 Å². The van der Waals surface area contributed by atoms with Crippen LogP contribution in [0.25, 0.3) is 0 Å². The average Bonchev–Trinajstić information content (AvgIpc) is 2.78. The first-order chi connectivity index (χ1) is 9.75. The van der Waals surface area contributed by atoms with Crippen LogP contribution in [0, 0.1) is 0 Å². The molecule has 0 saturated carbocycles. The van der Waals surface area contributed by atoms with Crippen molar-refractivity contribution in [2.45, 2.75) is 6.18 Å². The fourth-order valence-electron chi connectivity index (χ4n) is 1.90. The lowest BCUT2D eigenvalue weighted by molar-refractivity contribution is -0.137. The molecule has 8 heteroatoms. The zero-order chi connectivity index (χ0) is 15.8. The molecule has 21 heavy (non-hydrogen) atoms. The Bertz CT molecular complexity index is 695. The lowest BCUT2D eigenvalue weighted by Crippen LogP contribution is -2.16. The molecule has 2 aromatic rings. The Hall–Kier alpha value is -1.83. The van der Waals surface area contributed by atoms with Gasteiger partial charge in [-0.3, -0.25) is 9.48 Å². The summed E-state index contributed by atoms with van der Waals surface area (Å²) >= 11 is 2.98. The van der Waals surface area contributed by atoms with Crippen LogP contribution >= 0.6 is 15.9 Å². The van der Waals surface area contributed by atoms with Gasteiger partial charge in [0.15, 0.2) is 11.4 Å². The molecule has 112 valence electrons. The van der Waals surface area contributed by atoms with E-state index in [1.54, 1.807) is 0 Å². The Labute approximate surface area is 126 Å². The number of nitrogens with zero attached hydrogens (tertiary/aromatic N) is 2. The minimum atomic E-state index is -4.64. The fourth-order valence-corrected chi connectivity index (χ4v) is 2.26. The Morgan fingerprint density at radius 2 is 2.05 bits per heavy atom. The third-order valence-corrected chi connectivity index (χ3v) is 3.37. The van der Waals surface area contributed by atoms with Gasteiger partial charge in [-0.15, -0.1) is 0 Å². The van der Waals surface area contributed by atoms with Gasteiger partial charge < -0.3 is 4.74 Å². The molecule has 0 saturated heterocycles. The molecule has 0 atom stereocenters. The third kappa shape index (κ3) is 2.94. The van der Waals surface area contributed by atoms with E-state index in [0.29, 0.717) is 0 Å². The summed E-state index contributed by atoms with van der Waals surface area (Å²) in [6.07, 6.45) is -3.36. The molecular weight excluding hydrogens is 353 g/mol. The van der Waals surface area contributed by atoms with Crippen LogP contribution in [-0.4, -0.2) is 22.7 Å². The smallest absolute Gasteiger partial charge is 0.417 e. The zero-order valence-electron chi connectivity index (χ0n) is 11.0. The van der Waals surface area contributed by atoms with Gasteiger partial charge in [-0.2, -0.15) is 18.3 Å². The molecule has 0 radical (unpaired) electrons. The second-order valence-corrected chi connectivity index (χ2v) is 5.12. The number of aryl methyl sites for hydroxylation is 1. The van der Waals surface area contributed by atoms with Crippen molar-refractivity contribution in [3.63, 3.8) is 0 Å². The van der Waals surface area contributed by atoms with E-state index >= 15 is 0 Å². The summed E-state index contributed by atoms with van der Waals surface area (Å²) in [5.74, 6) is -0.676. The normalized spacial score (nSPS) is 11.5.